The second-order valence-corrected chi connectivity index (χ2v) is 3.82. The van der Waals surface area contributed by atoms with E-state index < -0.39 is 18.1 Å². The number of hydrogen-bond acceptors (Lipinski definition) is 3. The van der Waals surface area contributed by atoms with Crippen molar-refractivity contribution in [2.75, 3.05) is 7.11 Å². The molecule has 0 aliphatic rings. The maximum atomic E-state index is 12.7. The van der Waals surface area contributed by atoms with Crippen molar-refractivity contribution in [1.29, 1.82) is 0 Å². The third-order valence-corrected chi connectivity index (χ3v) is 2.65. The smallest absolute Gasteiger partial charge is 0.311 e. The lowest BCUT2D eigenvalue weighted by Crippen LogP contribution is -2.09. The van der Waals surface area contributed by atoms with E-state index in [0.717, 1.165) is 0 Å². The van der Waals surface area contributed by atoms with Gasteiger partial charge in [0.25, 0.3) is 6.43 Å². The monoisotopic (exact) mass is 283 g/mol. The lowest BCUT2D eigenvalue weighted by molar-refractivity contribution is -0.139. The van der Waals surface area contributed by atoms with Crippen molar-refractivity contribution in [1.82, 2.24) is 4.98 Å². The molecule has 0 saturated carbocycles. The predicted molar refractivity (Wildman–Crippen MR) is 59.5 cm³/mol. The van der Waals surface area contributed by atoms with Crippen LogP contribution >= 0.6 is 23.2 Å². The van der Waals surface area contributed by atoms with Gasteiger partial charge in [-0.15, -0.1) is 11.6 Å². The highest BCUT2D eigenvalue weighted by Crippen LogP contribution is 2.29. The number of aromatic nitrogens is 1. The highest BCUT2D eigenvalue weighted by molar-refractivity contribution is 6.32. The summed E-state index contributed by atoms with van der Waals surface area (Å²) in [5, 5.41) is 0.0733. The molecule has 7 heteroatoms. The van der Waals surface area contributed by atoms with Crippen LogP contribution in [-0.4, -0.2) is 18.1 Å². The average molecular weight is 284 g/mol. The van der Waals surface area contributed by atoms with Gasteiger partial charge >= 0.3 is 5.97 Å². The third kappa shape index (κ3) is 3.51. The molecule has 0 aliphatic carbocycles. The summed E-state index contributed by atoms with van der Waals surface area (Å²) in [5.41, 5.74) is -0.283. The molecule has 3 nitrogen and oxygen atoms in total. The second-order valence-electron chi connectivity index (χ2n) is 3.15. The molecule has 1 aromatic heterocycles. The molecule has 0 spiro atoms. The van der Waals surface area contributed by atoms with E-state index in [2.05, 4.69) is 9.72 Å². The fourth-order valence-electron chi connectivity index (χ4n) is 1.23. The molecule has 1 aromatic rings. The number of carbonyl (C=O) groups excluding carboxylic acids is 1. The minimum absolute atomic E-state index is 0.0733. The third-order valence-electron chi connectivity index (χ3n) is 2.05. The second kappa shape index (κ2) is 6.12. The molecule has 0 aromatic carbocycles. The Labute approximate surface area is 107 Å². The molecule has 0 radical (unpaired) electrons. The molecule has 0 fully saturated rings. The van der Waals surface area contributed by atoms with Gasteiger partial charge in [-0.25, -0.2) is 8.78 Å². The molecule has 0 N–H and O–H groups in total. The summed E-state index contributed by atoms with van der Waals surface area (Å²) in [4.78, 5) is 14.7. The normalized spacial score (nSPS) is 10.7. The van der Waals surface area contributed by atoms with E-state index in [4.69, 9.17) is 23.2 Å². The molecule has 0 saturated heterocycles. The number of alkyl halides is 3. The largest absolute Gasteiger partial charge is 0.469 e. The Bertz CT molecular complexity index is 427. The topological polar surface area (TPSA) is 39.2 Å². The van der Waals surface area contributed by atoms with E-state index in [-0.39, 0.29) is 28.6 Å². The highest BCUT2D eigenvalue weighted by Gasteiger charge is 2.19. The summed E-state index contributed by atoms with van der Waals surface area (Å²) in [7, 11) is 1.20. The summed E-state index contributed by atoms with van der Waals surface area (Å²) >= 11 is 11.3. The predicted octanol–water partition coefficient (Wildman–Crippen LogP) is 3.13. The molecular weight excluding hydrogens is 275 g/mol. The molecule has 0 aliphatic heterocycles. The van der Waals surface area contributed by atoms with Gasteiger partial charge in [-0.1, -0.05) is 11.6 Å². The number of pyridine rings is 1. The fraction of sp³-hybridized carbons (Fsp3) is 0.400. The summed E-state index contributed by atoms with van der Waals surface area (Å²) in [6.07, 6.45) is -3.00. The van der Waals surface area contributed by atoms with Gasteiger partial charge in [0.1, 0.15) is 5.69 Å². The zero-order valence-electron chi connectivity index (χ0n) is 8.84. The van der Waals surface area contributed by atoms with Gasteiger partial charge in [-0.2, -0.15) is 0 Å². The standard InChI is InChI=1S/C10H9Cl2F2NO2/c1-17-8(16)3-5-2-7(12)6(4-11)9(15-5)10(13)14/h2,10H,3-4H2,1H3. The maximum absolute atomic E-state index is 12.7. The van der Waals surface area contributed by atoms with Gasteiger partial charge in [-0.05, 0) is 6.07 Å². The lowest BCUT2D eigenvalue weighted by atomic mass is 10.1. The number of methoxy groups -OCH3 is 1. The van der Waals surface area contributed by atoms with Crippen LogP contribution in [-0.2, 0) is 21.8 Å². The summed E-state index contributed by atoms with van der Waals surface area (Å²) in [5.74, 6) is -0.739. The van der Waals surface area contributed by atoms with Crippen molar-refractivity contribution in [3.8, 4) is 0 Å². The first kappa shape index (κ1) is 14.1. The van der Waals surface area contributed by atoms with Gasteiger partial charge in [0, 0.05) is 10.6 Å². The van der Waals surface area contributed by atoms with Crippen LogP contribution in [0.2, 0.25) is 5.02 Å². The van der Waals surface area contributed by atoms with Crippen molar-refractivity contribution in [3.63, 3.8) is 0 Å². The van der Waals surface area contributed by atoms with Gasteiger partial charge < -0.3 is 4.74 Å². The molecule has 1 heterocycles. The van der Waals surface area contributed by atoms with Crippen LogP contribution in [0.3, 0.4) is 0 Å². The number of halogens is 4. The summed E-state index contributed by atoms with van der Waals surface area (Å²) in [6, 6.07) is 1.34. The number of esters is 1. The van der Waals surface area contributed by atoms with E-state index in [0.29, 0.717) is 0 Å². The number of hydrogen-bond donors (Lipinski definition) is 0. The Balaban J connectivity index is 3.15. The summed E-state index contributed by atoms with van der Waals surface area (Å²) < 4.78 is 29.8. The number of rotatable bonds is 4. The van der Waals surface area contributed by atoms with Gasteiger partial charge in [-0.3, -0.25) is 9.78 Å². The molecule has 17 heavy (non-hydrogen) atoms. The number of nitrogens with zero attached hydrogens (tertiary/aromatic N) is 1. The fourth-order valence-corrected chi connectivity index (χ4v) is 1.87. The average Bonchev–Trinajstić information content (AvgIpc) is 2.28. The first-order chi connectivity index (χ1) is 7.99. The maximum Gasteiger partial charge on any atom is 0.311 e. The van der Waals surface area contributed by atoms with E-state index in [1.807, 2.05) is 0 Å². The Morgan fingerprint density at radius 2 is 2.24 bits per heavy atom. The van der Waals surface area contributed by atoms with Crippen molar-refractivity contribution in [2.45, 2.75) is 18.7 Å². The van der Waals surface area contributed by atoms with Crippen molar-refractivity contribution in [3.05, 3.63) is 28.0 Å². The van der Waals surface area contributed by atoms with E-state index in [9.17, 15) is 13.6 Å². The van der Waals surface area contributed by atoms with E-state index in [1.54, 1.807) is 0 Å². The van der Waals surface area contributed by atoms with Crippen molar-refractivity contribution in [2.24, 2.45) is 0 Å². The Hall–Kier alpha value is -0.940. The van der Waals surface area contributed by atoms with Crippen LogP contribution in [0.5, 0.6) is 0 Å². The molecule has 0 unspecified atom stereocenters. The lowest BCUT2D eigenvalue weighted by Gasteiger charge is -2.10. The van der Waals surface area contributed by atoms with E-state index in [1.165, 1.54) is 13.2 Å². The molecule has 0 amide bonds. The first-order valence-corrected chi connectivity index (χ1v) is 5.50. The van der Waals surface area contributed by atoms with Crippen LogP contribution in [0, 0.1) is 0 Å². The number of carbonyl (C=O) groups is 1. The molecule has 0 atom stereocenters. The minimum Gasteiger partial charge on any atom is -0.469 e. The number of ether oxygens (including phenoxy) is 1. The molecule has 0 bridgehead atoms. The van der Waals surface area contributed by atoms with Crippen LogP contribution in [0.1, 0.15) is 23.4 Å². The zero-order chi connectivity index (χ0) is 13.0. The zero-order valence-corrected chi connectivity index (χ0v) is 10.4. The SMILES string of the molecule is COC(=O)Cc1cc(Cl)c(CCl)c(C(F)F)n1. The van der Waals surface area contributed by atoms with Crippen molar-refractivity contribution < 1.29 is 18.3 Å². The Morgan fingerprint density at radius 1 is 1.59 bits per heavy atom. The van der Waals surface area contributed by atoms with Gasteiger partial charge in [0.2, 0.25) is 0 Å². The van der Waals surface area contributed by atoms with Crippen LogP contribution in [0.25, 0.3) is 0 Å². The minimum atomic E-state index is -2.79. The Morgan fingerprint density at radius 3 is 2.71 bits per heavy atom. The summed E-state index contributed by atoms with van der Waals surface area (Å²) in [6.45, 7) is 0. The molecule has 1 rings (SSSR count). The van der Waals surface area contributed by atoms with Gasteiger partial charge in [0.05, 0.1) is 25.1 Å². The molecule has 94 valence electrons. The highest BCUT2D eigenvalue weighted by atomic mass is 35.5. The Kier molecular flexibility index (Phi) is 5.08. The first-order valence-electron chi connectivity index (χ1n) is 4.58. The van der Waals surface area contributed by atoms with Crippen molar-refractivity contribution >= 4 is 29.2 Å². The van der Waals surface area contributed by atoms with E-state index >= 15 is 0 Å². The van der Waals surface area contributed by atoms with Crippen LogP contribution in [0.4, 0.5) is 8.78 Å². The van der Waals surface area contributed by atoms with Crippen LogP contribution < -0.4 is 0 Å². The van der Waals surface area contributed by atoms with Crippen LogP contribution in [0.15, 0.2) is 6.07 Å². The molecular formula is C10H9Cl2F2NO2. The van der Waals surface area contributed by atoms with Gasteiger partial charge in [0.15, 0.2) is 0 Å². The quantitative estimate of drug-likeness (QED) is 0.630.